The molecule has 0 rings (SSSR count). The molecular formula is C12H19NS. The molecule has 78 valence electrons. The van der Waals surface area contributed by atoms with Crippen molar-refractivity contribution in [2.45, 2.75) is 25.5 Å². The van der Waals surface area contributed by atoms with Gasteiger partial charge in [-0.3, -0.25) is 4.99 Å². The first-order valence-electron chi connectivity index (χ1n) is 4.72. The lowest BCUT2D eigenvalue weighted by Crippen LogP contribution is -2.01. The summed E-state index contributed by atoms with van der Waals surface area (Å²) in [5, 5.41) is 0.488. The topological polar surface area (TPSA) is 12.4 Å². The van der Waals surface area contributed by atoms with E-state index in [1.165, 1.54) is 0 Å². The lowest BCUT2D eigenvalue weighted by atomic mass is 10.2. The van der Waals surface area contributed by atoms with Crippen molar-refractivity contribution in [1.82, 2.24) is 0 Å². The molecule has 0 bridgehead atoms. The Bertz CT molecular complexity index is 247. The summed E-state index contributed by atoms with van der Waals surface area (Å²) in [6.45, 7) is 11.6. The van der Waals surface area contributed by atoms with E-state index in [1.54, 1.807) is 12.2 Å². The number of rotatable bonds is 6. The molecule has 0 N–H and O–H groups in total. The maximum Gasteiger partial charge on any atom is 0.0649 e. The third kappa shape index (κ3) is 4.47. The Kier molecular flexibility index (Phi) is 7.21. The molecule has 0 heterocycles. The van der Waals surface area contributed by atoms with E-state index in [1.807, 2.05) is 24.9 Å². The summed E-state index contributed by atoms with van der Waals surface area (Å²) in [7, 11) is 0. The maximum absolute atomic E-state index is 4.40. The van der Waals surface area contributed by atoms with Crippen molar-refractivity contribution in [3.05, 3.63) is 36.6 Å². The first-order chi connectivity index (χ1) is 6.69. The molecule has 14 heavy (non-hydrogen) atoms. The molecule has 0 aromatic heterocycles. The van der Waals surface area contributed by atoms with Crippen molar-refractivity contribution >= 4 is 18.0 Å². The van der Waals surface area contributed by atoms with Crippen LogP contribution in [0.3, 0.4) is 0 Å². The third-order valence-corrected chi connectivity index (χ3v) is 3.05. The molecular weight excluding hydrogens is 190 g/mol. The Morgan fingerprint density at radius 2 is 2.07 bits per heavy atom. The Labute approximate surface area is 91.7 Å². The fourth-order valence-electron chi connectivity index (χ4n) is 0.916. The van der Waals surface area contributed by atoms with E-state index >= 15 is 0 Å². The molecule has 0 saturated carbocycles. The standard InChI is InChI=1S/C12H19NS/c1-6-10(4)12(8-3)13-9-11(7-2)14-5/h6,8-9,11H,1,3,7H2,2,4-5H3/b12-10+,13-9?. The number of hydrogen-bond donors (Lipinski definition) is 0. The molecule has 0 aromatic carbocycles. The summed E-state index contributed by atoms with van der Waals surface area (Å²) in [5.74, 6) is 0. The summed E-state index contributed by atoms with van der Waals surface area (Å²) < 4.78 is 0. The Morgan fingerprint density at radius 1 is 1.43 bits per heavy atom. The molecule has 0 aliphatic heterocycles. The number of thioether (sulfide) groups is 1. The van der Waals surface area contributed by atoms with E-state index in [9.17, 15) is 0 Å². The minimum Gasteiger partial charge on any atom is -0.260 e. The summed E-state index contributed by atoms with van der Waals surface area (Å²) in [6, 6.07) is 0. The highest BCUT2D eigenvalue weighted by Crippen LogP contribution is 2.11. The van der Waals surface area contributed by atoms with Gasteiger partial charge in [-0.1, -0.05) is 26.2 Å². The fraction of sp³-hybridized carbons (Fsp3) is 0.417. The minimum absolute atomic E-state index is 0.488. The number of hydrogen-bond acceptors (Lipinski definition) is 2. The monoisotopic (exact) mass is 209 g/mol. The number of nitrogens with zero attached hydrogens (tertiary/aromatic N) is 1. The van der Waals surface area contributed by atoms with Gasteiger partial charge in [-0.15, -0.1) is 0 Å². The normalized spacial score (nSPS) is 15.1. The van der Waals surface area contributed by atoms with Crippen LogP contribution < -0.4 is 0 Å². The second kappa shape index (κ2) is 7.63. The highest BCUT2D eigenvalue weighted by molar-refractivity contribution is 7.99. The van der Waals surface area contributed by atoms with Crippen molar-refractivity contribution in [2.75, 3.05) is 6.26 Å². The first-order valence-corrected chi connectivity index (χ1v) is 6.01. The van der Waals surface area contributed by atoms with Crippen molar-refractivity contribution in [2.24, 2.45) is 4.99 Å². The predicted octanol–water partition coefficient (Wildman–Crippen LogP) is 3.84. The van der Waals surface area contributed by atoms with Crippen molar-refractivity contribution in [1.29, 1.82) is 0 Å². The summed E-state index contributed by atoms with van der Waals surface area (Å²) in [4.78, 5) is 4.40. The molecule has 0 amide bonds. The van der Waals surface area contributed by atoms with Crippen LogP contribution in [-0.2, 0) is 0 Å². The van der Waals surface area contributed by atoms with Crippen LogP contribution in [0.4, 0.5) is 0 Å². The second-order valence-corrected chi connectivity index (χ2v) is 4.01. The molecule has 0 radical (unpaired) electrons. The third-order valence-electron chi connectivity index (χ3n) is 1.99. The van der Waals surface area contributed by atoms with Gasteiger partial charge in [0, 0.05) is 11.5 Å². The highest BCUT2D eigenvalue weighted by Gasteiger charge is 1.99. The van der Waals surface area contributed by atoms with Gasteiger partial charge in [-0.05, 0) is 31.2 Å². The Morgan fingerprint density at radius 3 is 2.43 bits per heavy atom. The van der Waals surface area contributed by atoms with Crippen LogP contribution in [0.5, 0.6) is 0 Å². The predicted molar refractivity (Wildman–Crippen MR) is 69.2 cm³/mol. The van der Waals surface area contributed by atoms with E-state index < -0.39 is 0 Å². The molecule has 1 nitrogen and oxygen atoms in total. The van der Waals surface area contributed by atoms with Gasteiger partial charge in [0.15, 0.2) is 0 Å². The molecule has 0 aromatic rings. The van der Waals surface area contributed by atoms with Crippen LogP contribution in [0.15, 0.2) is 41.6 Å². The summed E-state index contributed by atoms with van der Waals surface area (Å²) in [5.41, 5.74) is 1.97. The van der Waals surface area contributed by atoms with Gasteiger partial charge in [0.2, 0.25) is 0 Å². The minimum atomic E-state index is 0.488. The zero-order valence-corrected chi connectivity index (χ0v) is 10.1. The van der Waals surface area contributed by atoms with Crippen LogP contribution in [-0.4, -0.2) is 17.7 Å². The molecule has 0 aliphatic rings. The largest absolute Gasteiger partial charge is 0.260 e. The number of aliphatic imine (C=N–C) groups is 1. The Hall–Kier alpha value is -0.760. The van der Waals surface area contributed by atoms with Gasteiger partial charge in [0.25, 0.3) is 0 Å². The van der Waals surface area contributed by atoms with E-state index in [0.29, 0.717) is 5.25 Å². The molecule has 1 atom stereocenters. The van der Waals surface area contributed by atoms with E-state index in [4.69, 9.17) is 0 Å². The average molecular weight is 209 g/mol. The lowest BCUT2D eigenvalue weighted by molar-refractivity contribution is 1.02. The fourth-order valence-corrected chi connectivity index (χ4v) is 1.43. The van der Waals surface area contributed by atoms with Crippen LogP contribution >= 0.6 is 11.8 Å². The van der Waals surface area contributed by atoms with Gasteiger partial charge < -0.3 is 0 Å². The number of allylic oxidation sites excluding steroid dienone is 3. The van der Waals surface area contributed by atoms with Crippen LogP contribution in [0, 0.1) is 0 Å². The lowest BCUT2D eigenvalue weighted by Gasteiger charge is -2.04. The summed E-state index contributed by atoms with van der Waals surface area (Å²) >= 11 is 1.81. The van der Waals surface area contributed by atoms with Gasteiger partial charge in [-0.2, -0.15) is 11.8 Å². The summed E-state index contributed by atoms with van der Waals surface area (Å²) in [6.07, 6.45) is 8.74. The van der Waals surface area contributed by atoms with Crippen LogP contribution in [0.2, 0.25) is 0 Å². The highest BCUT2D eigenvalue weighted by atomic mass is 32.2. The van der Waals surface area contributed by atoms with Crippen LogP contribution in [0.1, 0.15) is 20.3 Å². The molecule has 1 unspecified atom stereocenters. The van der Waals surface area contributed by atoms with Crippen LogP contribution in [0.25, 0.3) is 0 Å². The molecule has 0 spiro atoms. The van der Waals surface area contributed by atoms with Gasteiger partial charge >= 0.3 is 0 Å². The average Bonchev–Trinajstić information content (AvgIpc) is 2.24. The zero-order chi connectivity index (χ0) is 11.0. The smallest absolute Gasteiger partial charge is 0.0649 e. The molecule has 0 fully saturated rings. The van der Waals surface area contributed by atoms with Gasteiger partial charge in [0.1, 0.15) is 0 Å². The van der Waals surface area contributed by atoms with Crippen molar-refractivity contribution in [3.63, 3.8) is 0 Å². The quantitative estimate of drug-likeness (QED) is 0.478. The van der Waals surface area contributed by atoms with E-state index in [2.05, 4.69) is 31.3 Å². The Balaban J connectivity index is 4.61. The second-order valence-electron chi connectivity index (χ2n) is 2.94. The molecule has 2 heteroatoms. The molecule has 0 aliphatic carbocycles. The van der Waals surface area contributed by atoms with Gasteiger partial charge in [-0.25, -0.2) is 0 Å². The van der Waals surface area contributed by atoms with Crippen molar-refractivity contribution < 1.29 is 0 Å². The maximum atomic E-state index is 4.40. The SMILES string of the molecule is C=C/C(C)=C(\C=C)N=CC(CC)SC. The first kappa shape index (κ1) is 13.2. The van der Waals surface area contributed by atoms with E-state index in [0.717, 1.165) is 17.7 Å². The zero-order valence-electron chi connectivity index (χ0n) is 9.29. The van der Waals surface area contributed by atoms with Gasteiger partial charge in [0.05, 0.1) is 5.70 Å². The molecule has 0 saturated heterocycles. The van der Waals surface area contributed by atoms with Crippen molar-refractivity contribution in [3.8, 4) is 0 Å². The van der Waals surface area contributed by atoms with E-state index in [-0.39, 0.29) is 0 Å².